The largest absolute Gasteiger partial charge is 0.496 e. The summed E-state index contributed by atoms with van der Waals surface area (Å²) in [5, 5.41) is 40.7. The van der Waals surface area contributed by atoms with Gasteiger partial charge in [0, 0.05) is 55.0 Å². The number of hydrogen-bond acceptors (Lipinski definition) is 10. The van der Waals surface area contributed by atoms with E-state index in [2.05, 4.69) is 31.4 Å². The monoisotopic (exact) mass is 785 g/mol. The molecule has 310 valence electrons. The number of hydroxylamine groups is 2. The van der Waals surface area contributed by atoms with Crippen LogP contribution in [0.1, 0.15) is 68.1 Å². The quantitative estimate of drug-likeness (QED) is 0.150. The summed E-state index contributed by atoms with van der Waals surface area (Å²) in [7, 11) is 9.21. The highest BCUT2D eigenvalue weighted by Gasteiger charge is 2.57. The Bertz CT molecular complexity index is 1870. The van der Waals surface area contributed by atoms with E-state index in [-0.39, 0.29) is 36.4 Å². The molecule has 4 fully saturated rings. The van der Waals surface area contributed by atoms with Gasteiger partial charge in [0.05, 0.1) is 32.4 Å². The van der Waals surface area contributed by atoms with Crippen molar-refractivity contribution >= 4 is 17.5 Å². The fraction of sp³-hybridized carbons (Fsp3) is 0.556. The molecule has 1 saturated heterocycles. The molecule has 5 N–H and O–H groups in total. The molecule has 10 atom stereocenters. The summed E-state index contributed by atoms with van der Waals surface area (Å²) < 4.78 is 6.09. The third-order valence-electron chi connectivity index (χ3n) is 13.1. The number of hydrogen-bond donors (Lipinski definition) is 5. The zero-order chi connectivity index (χ0) is 41.3. The maximum Gasteiger partial charge on any atom is 0.251 e. The predicted octanol–water partition coefficient (Wildman–Crippen LogP) is 4.48. The van der Waals surface area contributed by atoms with Crippen molar-refractivity contribution in [3.05, 3.63) is 83.4 Å². The minimum atomic E-state index is -0.924. The summed E-state index contributed by atoms with van der Waals surface area (Å²) in [6.07, 6.45) is -0.515. The Morgan fingerprint density at radius 3 is 2.33 bits per heavy atom. The number of nitrogens with zero attached hydrogens (tertiary/aromatic N) is 3. The fourth-order valence-electron chi connectivity index (χ4n) is 9.74. The number of para-hydroxylation sites is 1. The Morgan fingerprint density at radius 2 is 1.74 bits per heavy atom. The maximum absolute atomic E-state index is 14.3. The van der Waals surface area contributed by atoms with E-state index < -0.39 is 36.3 Å². The van der Waals surface area contributed by atoms with Gasteiger partial charge in [-0.3, -0.25) is 14.4 Å². The van der Waals surface area contributed by atoms with E-state index in [4.69, 9.17) is 9.57 Å². The Hall–Kier alpha value is -4.04. The van der Waals surface area contributed by atoms with Crippen molar-refractivity contribution in [1.29, 1.82) is 0 Å². The van der Waals surface area contributed by atoms with Gasteiger partial charge in [-0.05, 0) is 86.4 Å². The highest BCUT2D eigenvalue weighted by molar-refractivity contribution is 5.97. The van der Waals surface area contributed by atoms with Gasteiger partial charge in [0.2, 0.25) is 5.91 Å². The van der Waals surface area contributed by atoms with Crippen LogP contribution in [0.5, 0.6) is 5.75 Å². The summed E-state index contributed by atoms with van der Waals surface area (Å²) in [5.41, 5.74) is 4.37. The molecule has 7 rings (SSSR count). The van der Waals surface area contributed by atoms with Crippen molar-refractivity contribution < 1.29 is 34.5 Å². The van der Waals surface area contributed by atoms with Crippen molar-refractivity contribution in [3.63, 3.8) is 0 Å². The molecule has 1 aliphatic heterocycles. The maximum atomic E-state index is 14.3. The number of anilines is 1. The molecule has 2 amide bonds. The van der Waals surface area contributed by atoms with Crippen LogP contribution in [0.4, 0.5) is 5.69 Å². The summed E-state index contributed by atoms with van der Waals surface area (Å²) in [6.45, 7) is 8.72. The Kier molecular flexibility index (Phi) is 13.0. The average Bonchev–Trinajstić information content (AvgIpc) is 3.56. The minimum absolute atomic E-state index is 0.0203. The van der Waals surface area contributed by atoms with E-state index in [1.807, 2.05) is 105 Å². The molecule has 2 bridgehead atoms. The van der Waals surface area contributed by atoms with Crippen LogP contribution in [0.2, 0.25) is 0 Å². The first-order chi connectivity index (χ1) is 27.0. The molecule has 0 spiro atoms. The first-order valence-electron chi connectivity index (χ1n) is 20.3. The van der Waals surface area contributed by atoms with Crippen LogP contribution in [-0.4, -0.2) is 116 Å². The number of methoxy groups -OCH3 is 1. The molecule has 1 unspecified atom stereocenters. The lowest BCUT2D eigenvalue weighted by molar-refractivity contribution is -0.183. The average molecular weight is 786 g/mol. The van der Waals surface area contributed by atoms with Crippen molar-refractivity contribution in [2.24, 2.45) is 29.1 Å². The van der Waals surface area contributed by atoms with E-state index in [1.54, 1.807) is 19.1 Å². The molecule has 1 heterocycles. The molecular formula is C45H63N5O7. The number of ether oxygens (including phenoxy) is 1. The van der Waals surface area contributed by atoms with Crippen LogP contribution in [0.25, 0.3) is 11.1 Å². The molecule has 12 nitrogen and oxygen atoms in total. The molecule has 3 aromatic carbocycles. The second kappa shape index (κ2) is 17.4. The Morgan fingerprint density at radius 1 is 1.02 bits per heavy atom. The lowest BCUT2D eigenvalue weighted by atomic mass is 9.45. The van der Waals surface area contributed by atoms with Crippen LogP contribution >= 0.6 is 0 Å². The van der Waals surface area contributed by atoms with E-state index >= 15 is 0 Å². The van der Waals surface area contributed by atoms with Crippen molar-refractivity contribution in [1.82, 2.24) is 20.6 Å². The molecule has 3 aliphatic carbocycles. The van der Waals surface area contributed by atoms with Gasteiger partial charge in [-0.25, -0.2) is 0 Å². The molecule has 0 aromatic heterocycles. The van der Waals surface area contributed by atoms with E-state index in [1.165, 1.54) is 6.42 Å². The van der Waals surface area contributed by atoms with Crippen molar-refractivity contribution in [2.75, 3.05) is 53.4 Å². The van der Waals surface area contributed by atoms with Gasteiger partial charge >= 0.3 is 0 Å². The number of carbonyl (C=O) groups excluding carboxylic acids is 2. The van der Waals surface area contributed by atoms with Crippen molar-refractivity contribution in [2.45, 2.75) is 83.5 Å². The van der Waals surface area contributed by atoms with Gasteiger partial charge in [-0.1, -0.05) is 69.3 Å². The number of rotatable bonds is 15. The van der Waals surface area contributed by atoms with Gasteiger partial charge in [0.25, 0.3) is 5.91 Å². The zero-order valence-electron chi connectivity index (χ0n) is 35.0. The van der Waals surface area contributed by atoms with Crippen LogP contribution in [0.3, 0.4) is 0 Å². The summed E-state index contributed by atoms with van der Waals surface area (Å²) in [6, 6.07) is 19.2. The number of carbonyl (C=O) groups is 2. The van der Waals surface area contributed by atoms with E-state index in [0.29, 0.717) is 41.2 Å². The molecular weight excluding hydrogens is 723 g/mol. The van der Waals surface area contributed by atoms with Gasteiger partial charge in [-0.2, -0.15) is 5.06 Å². The fourth-order valence-corrected chi connectivity index (χ4v) is 9.74. The summed E-state index contributed by atoms with van der Waals surface area (Å²) in [4.78, 5) is 38.5. The first kappa shape index (κ1) is 42.6. The van der Waals surface area contributed by atoms with Crippen LogP contribution in [-0.2, 0) is 16.2 Å². The van der Waals surface area contributed by atoms with Gasteiger partial charge in [0.1, 0.15) is 24.0 Å². The standard InChI is InChI=1S/C45H63N5O7/c1-26-35-21-32(45(35,3)4)22-36(26)46-44(55)40-39(27(2)52)38(25-51)57-50(40)23-29-16-13-17-34(42(29)56-9)30-18-31(20-33(19-30)49(7)8)43(54)47-37(24-48(5)6)41(53)28-14-11-10-12-15-28/h10-20,26-27,32,35-41,51-53H,21-25H2,1-9H3,(H,46,55)(H,47,54)/t26-,27-,32-,35+,36-,37-,38-,39+,40-,41?/m0/s1. The van der Waals surface area contributed by atoms with Gasteiger partial charge in [0.15, 0.2) is 0 Å². The smallest absolute Gasteiger partial charge is 0.251 e. The van der Waals surface area contributed by atoms with Crippen LogP contribution < -0.4 is 20.3 Å². The number of fused-ring (bicyclic) bond motifs is 2. The number of aliphatic hydroxyl groups is 3. The second-order valence-corrected chi connectivity index (χ2v) is 17.6. The third kappa shape index (κ3) is 8.72. The van der Waals surface area contributed by atoms with E-state index in [9.17, 15) is 24.9 Å². The SMILES string of the molecule is COc1c(CN2O[C@@H](CO)[C@@H]([C@H](C)O)[C@H]2C(=O)N[C@H]2C[C@@H]3C[C@H]([C@@H]2C)C3(C)C)cccc1-c1cc(C(=O)N[C@@H](CN(C)C)C(O)c2ccccc2)cc(N(C)C)c1. The number of likely N-dealkylation sites (N-methyl/N-ethyl adjacent to an activating group) is 1. The van der Waals surface area contributed by atoms with Crippen molar-refractivity contribution in [3.8, 4) is 16.9 Å². The highest BCUT2D eigenvalue weighted by Crippen LogP contribution is 2.61. The van der Waals surface area contributed by atoms with E-state index in [0.717, 1.165) is 28.8 Å². The molecule has 3 saturated carbocycles. The predicted molar refractivity (Wildman–Crippen MR) is 222 cm³/mol. The summed E-state index contributed by atoms with van der Waals surface area (Å²) in [5.74, 6) is 0.742. The molecule has 3 aromatic rings. The zero-order valence-corrected chi connectivity index (χ0v) is 35.0. The molecule has 4 aliphatic rings. The normalized spacial score (nSPS) is 26.9. The molecule has 0 radical (unpaired) electrons. The first-order valence-corrected chi connectivity index (χ1v) is 20.3. The number of amides is 2. The molecule has 12 heteroatoms. The highest BCUT2D eigenvalue weighted by atomic mass is 16.7. The number of nitrogens with one attached hydrogen (secondary N) is 2. The summed E-state index contributed by atoms with van der Waals surface area (Å²) >= 11 is 0. The van der Waals surface area contributed by atoms with Gasteiger partial charge < -0.3 is 40.5 Å². The van der Waals surface area contributed by atoms with Gasteiger partial charge in [-0.15, -0.1) is 0 Å². The topological polar surface area (TPSA) is 147 Å². The lowest BCUT2D eigenvalue weighted by Gasteiger charge is -2.62. The van der Waals surface area contributed by atoms with Crippen LogP contribution in [0, 0.1) is 29.1 Å². The Balaban J connectivity index is 1.29. The van der Waals surface area contributed by atoms with Crippen LogP contribution in [0.15, 0.2) is 66.7 Å². The second-order valence-electron chi connectivity index (χ2n) is 17.6. The third-order valence-corrected chi connectivity index (χ3v) is 13.1. The Labute approximate surface area is 338 Å². The minimum Gasteiger partial charge on any atom is -0.496 e. The lowest BCUT2D eigenvalue weighted by Crippen LogP contribution is -2.62. The number of aliphatic hydroxyl groups excluding tert-OH is 3. The molecule has 57 heavy (non-hydrogen) atoms. The number of benzene rings is 3.